The SMILES string of the molecule is CC(CC(=O)c1cnc(N2CC3CCC(C2)N3C)o1)Cc1c[nH]c2ccccc12. The van der Waals surface area contributed by atoms with Crippen LogP contribution in [0.3, 0.4) is 0 Å². The number of hydrogen-bond acceptors (Lipinski definition) is 5. The molecule has 2 fully saturated rings. The minimum Gasteiger partial charge on any atom is -0.420 e. The zero-order chi connectivity index (χ0) is 20.0. The molecule has 0 amide bonds. The second kappa shape index (κ2) is 7.34. The van der Waals surface area contributed by atoms with Gasteiger partial charge in [-0.1, -0.05) is 25.1 Å². The lowest BCUT2D eigenvalue weighted by atomic mass is 9.95. The molecule has 2 saturated heterocycles. The molecule has 0 saturated carbocycles. The first kappa shape index (κ1) is 18.4. The Kier molecular flexibility index (Phi) is 4.66. The minimum absolute atomic E-state index is 0.0354. The third-order valence-electron chi connectivity index (χ3n) is 6.66. The fourth-order valence-electron chi connectivity index (χ4n) is 4.98. The highest BCUT2D eigenvalue weighted by Crippen LogP contribution is 2.31. The van der Waals surface area contributed by atoms with Gasteiger partial charge in [0.1, 0.15) is 0 Å². The van der Waals surface area contributed by atoms with Crippen molar-refractivity contribution in [2.45, 2.75) is 44.7 Å². The van der Waals surface area contributed by atoms with Crippen LogP contribution in [0.25, 0.3) is 10.9 Å². The first-order chi connectivity index (χ1) is 14.1. The number of likely N-dealkylation sites (N-methyl/N-ethyl adjacent to an activating group) is 1. The normalized spacial score (nSPS) is 23.0. The predicted octanol–water partition coefficient (Wildman–Crippen LogP) is 3.89. The fourth-order valence-corrected chi connectivity index (χ4v) is 4.98. The highest BCUT2D eigenvalue weighted by atomic mass is 16.4. The van der Waals surface area contributed by atoms with Crippen LogP contribution >= 0.6 is 0 Å². The van der Waals surface area contributed by atoms with E-state index >= 15 is 0 Å². The molecule has 3 aromatic rings. The Hall–Kier alpha value is -2.60. The zero-order valence-electron chi connectivity index (χ0n) is 17.1. The zero-order valence-corrected chi connectivity index (χ0v) is 17.1. The molecule has 2 aliphatic heterocycles. The number of anilines is 1. The van der Waals surface area contributed by atoms with E-state index in [1.54, 1.807) is 6.20 Å². The fraction of sp³-hybridized carbons (Fsp3) is 0.478. The molecule has 1 aromatic carbocycles. The van der Waals surface area contributed by atoms with Gasteiger partial charge >= 0.3 is 0 Å². The Bertz CT molecular complexity index is 1010. The highest BCUT2D eigenvalue weighted by Gasteiger charge is 2.38. The molecule has 4 heterocycles. The standard InChI is InChI=1S/C23H28N4O2/c1-15(9-16-11-24-20-6-4-3-5-19(16)20)10-21(28)22-12-25-23(29-22)27-13-17-7-8-18(14-27)26(17)2/h3-6,11-12,15,17-18,24H,7-10,13-14H2,1-2H3. The van der Waals surface area contributed by atoms with Gasteiger partial charge in [-0.2, -0.15) is 0 Å². The predicted molar refractivity (Wildman–Crippen MR) is 113 cm³/mol. The summed E-state index contributed by atoms with van der Waals surface area (Å²) >= 11 is 0. The molecule has 6 nitrogen and oxygen atoms in total. The molecule has 29 heavy (non-hydrogen) atoms. The summed E-state index contributed by atoms with van der Waals surface area (Å²) in [7, 11) is 2.21. The van der Waals surface area contributed by atoms with E-state index in [1.165, 1.54) is 23.8 Å². The molecule has 0 radical (unpaired) electrons. The number of rotatable bonds is 6. The number of hydrogen-bond donors (Lipinski definition) is 1. The van der Waals surface area contributed by atoms with Crippen LogP contribution in [0.15, 0.2) is 41.1 Å². The first-order valence-electron chi connectivity index (χ1n) is 10.6. The number of aromatic nitrogens is 2. The molecule has 5 rings (SSSR count). The van der Waals surface area contributed by atoms with Gasteiger partial charge in [0, 0.05) is 48.7 Å². The number of piperazine rings is 1. The molecule has 2 aliphatic rings. The lowest BCUT2D eigenvalue weighted by molar-refractivity contribution is 0.0937. The maximum atomic E-state index is 12.8. The number of carbonyl (C=O) groups excluding carboxylic acids is 1. The van der Waals surface area contributed by atoms with Gasteiger partial charge in [0.15, 0.2) is 11.5 Å². The van der Waals surface area contributed by atoms with Gasteiger partial charge in [0.25, 0.3) is 6.01 Å². The number of nitrogens with zero attached hydrogens (tertiary/aromatic N) is 3. The van der Waals surface area contributed by atoms with Gasteiger partial charge in [0.05, 0.1) is 6.20 Å². The van der Waals surface area contributed by atoms with E-state index in [9.17, 15) is 4.79 Å². The lowest BCUT2D eigenvalue weighted by Gasteiger charge is -2.38. The Balaban J connectivity index is 1.22. The van der Waals surface area contributed by atoms with Crippen molar-refractivity contribution in [1.29, 1.82) is 0 Å². The van der Waals surface area contributed by atoms with Crippen LogP contribution in [0.4, 0.5) is 6.01 Å². The highest BCUT2D eigenvalue weighted by molar-refractivity contribution is 5.93. The van der Waals surface area contributed by atoms with E-state index in [0.717, 1.165) is 25.0 Å². The van der Waals surface area contributed by atoms with Crippen LogP contribution in [0.1, 0.15) is 42.3 Å². The molecule has 0 aliphatic carbocycles. The number of Topliss-reactive ketones (excluding diaryl/α,β-unsaturated/α-hetero) is 1. The monoisotopic (exact) mass is 392 g/mol. The van der Waals surface area contributed by atoms with Crippen molar-refractivity contribution in [2.75, 3.05) is 25.0 Å². The van der Waals surface area contributed by atoms with Crippen LogP contribution in [-0.2, 0) is 6.42 Å². The van der Waals surface area contributed by atoms with E-state index in [0.29, 0.717) is 30.3 Å². The van der Waals surface area contributed by atoms with E-state index in [1.807, 2.05) is 6.07 Å². The average molecular weight is 393 g/mol. The van der Waals surface area contributed by atoms with Gasteiger partial charge in [0.2, 0.25) is 0 Å². The number of fused-ring (bicyclic) bond motifs is 3. The molecule has 3 atom stereocenters. The van der Waals surface area contributed by atoms with Crippen LogP contribution in [0.5, 0.6) is 0 Å². The van der Waals surface area contributed by atoms with Crippen molar-refractivity contribution < 1.29 is 9.21 Å². The van der Waals surface area contributed by atoms with Crippen molar-refractivity contribution in [3.05, 3.63) is 48.0 Å². The van der Waals surface area contributed by atoms with Gasteiger partial charge in [-0.05, 0) is 43.9 Å². The Morgan fingerprint density at radius 1 is 1.28 bits per heavy atom. The summed E-state index contributed by atoms with van der Waals surface area (Å²) in [5.74, 6) is 0.653. The number of oxazole rings is 1. The van der Waals surface area contributed by atoms with Crippen LogP contribution in [0.2, 0.25) is 0 Å². The van der Waals surface area contributed by atoms with Crippen molar-refractivity contribution in [3.8, 4) is 0 Å². The quantitative estimate of drug-likeness (QED) is 0.645. The summed E-state index contributed by atoms with van der Waals surface area (Å²) in [6.07, 6.45) is 7.45. The maximum Gasteiger partial charge on any atom is 0.297 e. The van der Waals surface area contributed by atoms with Crippen molar-refractivity contribution in [1.82, 2.24) is 14.9 Å². The van der Waals surface area contributed by atoms with Crippen molar-refractivity contribution in [3.63, 3.8) is 0 Å². The Labute approximate surface area is 170 Å². The van der Waals surface area contributed by atoms with Crippen molar-refractivity contribution >= 4 is 22.7 Å². The number of benzene rings is 1. The van der Waals surface area contributed by atoms with E-state index in [2.05, 4.69) is 58.1 Å². The smallest absolute Gasteiger partial charge is 0.297 e. The lowest BCUT2D eigenvalue weighted by Crippen LogP contribution is -2.52. The molecule has 2 aromatic heterocycles. The topological polar surface area (TPSA) is 65.4 Å². The van der Waals surface area contributed by atoms with E-state index < -0.39 is 0 Å². The number of H-pyrrole nitrogens is 1. The Morgan fingerprint density at radius 2 is 2.03 bits per heavy atom. The number of para-hydroxylation sites is 1. The molecular formula is C23H28N4O2. The molecule has 152 valence electrons. The number of nitrogens with one attached hydrogen (secondary N) is 1. The van der Waals surface area contributed by atoms with Crippen LogP contribution in [-0.4, -0.2) is 52.9 Å². The summed E-state index contributed by atoms with van der Waals surface area (Å²) in [6, 6.07) is 10.0. The largest absolute Gasteiger partial charge is 0.420 e. The molecule has 1 N–H and O–H groups in total. The first-order valence-corrected chi connectivity index (χ1v) is 10.6. The second-order valence-corrected chi connectivity index (χ2v) is 8.76. The van der Waals surface area contributed by atoms with Gasteiger partial charge in [-0.25, -0.2) is 4.98 Å². The van der Waals surface area contributed by atoms with E-state index in [4.69, 9.17) is 4.42 Å². The summed E-state index contributed by atoms with van der Waals surface area (Å²) < 4.78 is 5.89. The number of aromatic amines is 1. The third-order valence-corrected chi connectivity index (χ3v) is 6.66. The van der Waals surface area contributed by atoms with E-state index in [-0.39, 0.29) is 11.7 Å². The molecule has 3 unspecified atom stereocenters. The van der Waals surface area contributed by atoms with Gasteiger partial charge < -0.3 is 14.3 Å². The third kappa shape index (κ3) is 3.46. The maximum absolute atomic E-state index is 12.8. The van der Waals surface area contributed by atoms with Gasteiger partial charge in [-0.3, -0.25) is 9.69 Å². The number of carbonyl (C=O) groups is 1. The van der Waals surface area contributed by atoms with Crippen LogP contribution in [0, 0.1) is 5.92 Å². The summed E-state index contributed by atoms with van der Waals surface area (Å²) in [4.78, 5) is 25.2. The molecular weight excluding hydrogens is 364 g/mol. The summed E-state index contributed by atoms with van der Waals surface area (Å²) in [5.41, 5.74) is 2.40. The average Bonchev–Trinajstić information content (AvgIpc) is 3.39. The summed E-state index contributed by atoms with van der Waals surface area (Å²) in [6.45, 7) is 3.98. The minimum atomic E-state index is 0.0354. The Morgan fingerprint density at radius 3 is 2.83 bits per heavy atom. The second-order valence-electron chi connectivity index (χ2n) is 8.76. The summed E-state index contributed by atoms with van der Waals surface area (Å²) in [5, 5.41) is 1.23. The van der Waals surface area contributed by atoms with Crippen molar-refractivity contribution in [2.24, 2.45) is 5.92 Å². The van der Waals surface area contributed by atoms with Gasteiger partial charge in [-0.15, -0.1) is 0 Å². The molecule has 2 bridgehead atoms. The molecule has 0 spiro atoms. The molecule has 6 heteroatoms. The van der Waals surface area contributed by atoms with Crippen LogP contribution < -0.4 is 4.90 Å². The number of ketones is 1.